The fraction of sp³-hybridized carbons (Fsp3) is 0.405. The molecular weight excluding hydrogens is 743 g/mol. The molecule has 4 aliphatic heterocycles. The number of nitrogens with one attached hydrogen (secondary N) is 1. The molecule has 3 N–H and O–H groups in total. The predicted molar refractivity (Wildman–Crippen MR) is 213 cm³/mol. The third kappa shape index (κ3) is 8.23. The number of fused-ring (bicyclic) bond motifs is 2. The van der Waals surface area contributed by atoms with Crippen molar-refractivity contribution >= 4 is 52.8 Å². The van der Waals surface area contributed by atoms with Gasteiger partial charge < -0.3 is 25.3 Å². The molecule has 3 saturated heterocycles. The van der Waals surface area contributed by atoms with Gasteiger partial charge in [0.25, 0.3) is 0 Å². The molecule has 12 heteroatoms. The molecule has 0 aromatic heterocycles. The number of amides is 1. The van der Waals surface area contributed by atoms with Crippen LogP contribution in [0.2, 0.25) is 10.0 Å². The molecule has 3 unspecified atom stereocenters. The van der Waals surface area contributed by atoms with Gasteiger partial charge in [-0.25, -0.2) is 9.59 Å². The lowest BCUT2D eigenvalue weighted by atomic mass is 9.78. The lowest BCUT2D eigenvalue weighted by molar-refractivity contribution is -0.133. The van der Waals surface area contributed by atoms with E-state index in [0.29, 0.717) is 43.3 Å². The van der Waals surface area contributed by atoms with Crippen molar-refractivity contribution in [2.75, 3.05) is 33.2 Å². The largest absolute Gasteiger partial charge is 0.478 e. The van der Waals surface area contributed by atoms with Crippen molar-refractivity contribution in [2.45, 2.75) is 79.6 Å². The smallest absolute Gasteiger partial charge is 0.334 e. The van der Waals surface area contributed by atoms with E-state index in [1.54, 1.807) is 30.0 Å². The van der Waals surface area contributed by atoms with Crippen LogP contribution >= 0.6 is 35.0 Å². The number of dihydropyridines is 1. The van der Waals surface area contributed by atoms with Gasteiger partial charge in [0, 0.05) is 82.0 Å². The van der Waals surface area contributed by atoms with Crippen molar-refractivity contribution in [3.63, 3.8) is 0 Å². The number of nitrogens with zero attached hydrogens (tertiary/aromatic N) is 3. The summed E-state index contributed by atoms with van der Waals surface area (Å²) in [5, 5.41) is 25.0. The number of benzene rings is 3. The van der Waals surface area contributed by atoms with E-state index in [4.69, 9.17) is 23.2 Å². The number of aliphatic carboxylic acids is 2. The van der Waals surface area contributed by atoms with E-state index in [1.807, 2.05) is 41.3 Å². The Hall–Kier alpha value is -3.80. The predicted octanol–water partition coefficient (Wildman–Crippen LogP) is 7.44. The summed E-state index contributed by atoms with van der Waals surface area (Å²) in [5.74, 6) is -3.40. The lowest BCUT2D eigenvalue weighted by Gasteiger charge is -2.45. The molecule has 1 amide bonds. The highest BCUT2D eigenvalue weighted by molar-refractivity contribution is 7.98. The molecule has 3 aromatic rings. The first-order valence-electron chi connectivity index (χ1n) is 18.7. The summed E-state index contributed by atoms with van der Waals surface area (Å²) in [7, 11) is 2.24. The molecule has 9 nitrogen and oxygen atoms in total. The first kappa shape index (κ1) is 38.5. The Morgan fingerprint density at radius 3 is 1.96 bits per heavy atom. The molecule has 7 rings (SSSR count). The minimum Gasteiger partial charge on any atom is -0.478 e. The molecule has 54 heavy (non-hydrogen) atoms. The fourth-order valence-electron chi connectivity index (χ4n) is 8.89. The van der Waals surface area contributed by atoms with Crippen LogP contribution < -0.4 is 5.32 Å². The monoisotopic (exact) mass is 788 g/mol. The van der Waals surface area contributed by atoms with E-state index in [0.717, 1.165) is 47.7 Å². The molecule has 4 heterocycles. The number of carboxylic acid groups (broad SMARTS) is 2. The minimum atomic E-state index is -1.34. The van der Waals surface area contributed by atoms with Gasteiger partial charge >= 0.3 is 11.9 Å². The second-order valence-corrected chi connectivity index (χ2v) is 16.6. The zero-order chi connectivity index (χ0) is 37.9. The minimum absolute atomic E-state index is 0.143. The van der Waals surface area contributed by atoms with E-state index >= 15 is 0 Å². The number of rotatable bonds is 12. The molecule has 4 aliphatic rings. The number of aryl methyl sites for hydroxylation is 1. The van der Waals surface area contributed by atoms with Crippen molar-refractivity contribution in [3.8, 4) is 0 Å². The van der Waals surface area contributed by atoms with Crippen LogP contribution in [0.1, 0.15) is 61.1 Å². The molecule has 3 aromatic carbocycles. The maximum Gasteiger partial charge on any atom is 0.334 e. The molecule has 0 radical (unpaired) electrons. The molecule has 0 saturated carbocycles. The molecular formula is C42H46Cl2N4O5S. The van der Waals surface area contributed by atoms with E-state index in [9.17, 15) is 24.6 Å². The summed E-state index contributed by atoms with van der Waals surface area (Å²) in [5.41, 5.74) is 2.48. The molecule has 0 aliphatic carbocycles. The summed E-state index contributed by atoms with van der Waals surface area (Å²) in [6.07, 6.45) is 5.34. The summed E-state index contributed by atoms with van der Waals surface area (Å²) in [6.45, 7) is 2.64. The molecule has 284 valence electrons. The number of hydrogen-bond acceptors (Lipinski definition) is 7. The van der Waals surface area contributed by atoms with Crippen LogP contribution in [0.3, 0.4) is 0 Å². The summed E-state index contributed by atoms with van der Waals surface area (Å²) in [6, 6.07) is 24.7. The Kier molecular flexibility index (Phi) is 12.1. The average Bonchev–Trinajstić information content (AvgIpc) is 3.34. The SMILES string of the molecule is CN1C2CCC1CC(N1CCN(C(=O)CC3=C(C(=O)O)C(c4c(Cl)cccc4Cl)C(C(=O)O)=C(CCc4ccccc4CSc4ccccc4)N3)CC1)C2. The van der Waals surface area contributed by atoms with Crippen LogP contribution in [0, 0.1) is 0 Å². The highest BCUT2D eigenvalue weighted by Crippen LogP contribution is 2.45. The highest BCUT2D eigenvalue weighted by Gasteiger charge is 2.43. The number of carbonyl (C=O) groups excluding carboxylic acids is 1. The number of piperazine rings is 1. The van der Waals surface area contributed by atoms with E-state index in [1.165, 1.54) is 12.8 Å². The van der Waals surface area contributed by atoms with Gasteiger partial charge in [-0.3, -0.25) is 9.69 Å². The van der Waals surface area contributed by atoms with Gasteiger partial charge in [0.15, 0.2) is 0 Å². The van der Waals surface area contributed by atoms with Crippen molar-refractivity contribution in [2.24, 2.45) is 0 Å². The van der Waals surface area contributed by atoms with Crippen LogP contribution in [-0.2, 0) is 26.6 Å². The zero-order valence-corrected chi connectivity index (χ0v) is 32.7. The Balaban J connectivity index is 1.14. The van der Waals surface area contributed by atoms with Crippen LogP contribution in [0.25, 0.3) is 0 Å². The third-order valence-electron chi connectivity index (χ3n) is 11.8. The Morgan fingerprint density at radius 1 is 0.741 bits per heavy atom. The average molecular weight is 790 g/mol. The van der Waals surface area contributed by atoms with Crippen LogP contribution in [-0.4, -0.2) is 94.1 Å². The number of hydrogen-bond donors (Lipinski definition) is 3. The molecule has 3 atom stereocenters. The number of allylic oxidation sites excluding steroid dienone is 1. The number of carboxylic acids is 2. The summed E-state index contributed by atoms with van der Waals surface area (Å²) < 4.78 is 0. The third-order valence-corrected chi connectivity index (χ3v) is 13.5. The summed E-state index contributed by atoms with van der Waals surface area (Å²) in [4.78, 5) is 48.4. The number of halogens is 2. The van der Waals surface area contributed by atoms with Gasteiger partial charge in [0.1, 0.15) is 0 Å². The lowest BCUT2D eigenvalue weighted by Crippen LogP contribution is -2.56. The quantitative estimate of drug-likeness (QED) is 0.161. The van der Waals surface area contributed by atoms with Gasteiger partial charge in [-0.15, -0.1) is 11.8 Å². The van der Waals surface area contributed by atoms with E-state index < -0.39 is 17.9 Å². The maximum atomic E-state index is 14.0. The van der Waals surface area contributed by atoms with E-state index in [2.05, 4.69) is 40.4 Å². The Bertz CT molecular complexity index is 1930. The van der Waals surface area contributed by atoms with Gasteiger partial charge in [0.05, 0.1) is 23.5 Å². The first-order valence-corrected chi connectivity index (χ1v) is 20.4. The van der Waals surface area contributed by atoms with Crippen LogP contribution in [0.5, 0.6) is 0 Å². The van der Waals surface area contributed by atoms with Crippen LogP contribution in [0.4, 0.5) is 0 Å². The zero-order valence-electron chi connectivity index (χ0n) is 30.3. The Labute approximate surface area is 331 Å². The Morgan fingerprint density at radius 2 is 1.33 bits per heavy atom. The number of piperidine rings is 1. The van der Waals surface area contributed by atoms with Crippen molar-refractivity contribution in [1.29, 1.82) is 0 Å². The highest BCUT2D eigenvalue weighted by atomic mass is 35.5. The van der Waals surface area contributed by atoms with Gasteiger partial charge in [0.2, 0.25) is 5.91 Å². The number of thioether (sulfide) groups is 1. The van der Waals surface area contributed by atoms with E-state index in [-0.39, 0.29) is 51.2 Å². The van der Waals surface area contributed by atoms with Crippen molar-refractivity contribution < 1.29 is 24.6 Å². The maximum absolute atomic E-state index is 14.0. The number of carbonyl (C=O) groups is 3. The van der Waals surface area contributed by atoms with Crippen molar-refractivity contribution in [3.05, 3.63) is 122 Å². The normalized spacial score (nSPS) is 23.4. The molecule has 0 spiro atoms. The topological polar surface area (TPSA) is 113 Å². The summed E-state index contributed by atoms with van der Waals surface area (Å²) >= 11 is 15.1. The fourth-order valence-corrected chi connectivity index (χ4v) is 10.5. The second-order valence-electron chi connectivity index (χ2n) is 14.7. The van der Waals surface area contributed by atoms with Gasteiger partial charge in [-0.2, -0.15) is 0 Å². The molecule has 3 fully saturated rings. The van der Waals surface area contributed by atoms with Gasteiger partial charge in [-0.05, 0) is 81.0 Å². The second kappa shape index (κ2) is 16.9. The molecule has 2 bridgehead atoms. The standard InChI is InChI=1S/C42H46Cl2N4O5S/c1-46-28-15-16-29(46)23-30(22-28)47-18-20-48(21-19-47)36(49)24-35-39(42(52)53)40(37-32(43)12-7-13-33(37)44)38(41(50)51)34(45-35)17-14-26-8-5-6-9-27(26)25-54-31-10-3-2-4-11-31/h2-13,28-30,40,45H,14-25H2,1H3,(H,50,51)(H,52,53). The first-order chi connectivity index (χ1) is 26.1. The van der Waals surface area contributed by atoms with Gasteiger partial charge in [-0.1, -0.05) is 71.7 Å². The van der Waals surface area contributed by atoms with Crippen LogP contribution in [0.15, 0.2) is 100 Å². The van der Waals surface area contributed by atoms with Crippen molar-refractivity contribution in [1.82, 2.24) is 20.0 Å².